The first-order valence-corrected chi connectivity index (χ1v) is 8.93. The Labute approximate surface area is 148 Å². The molecule has 1 aromatic heterocycles. The summed E-state index contributed by atoms with van der Waals surface area (Å²) in [7, 11) is 2.13. The lowest BCUT2D eigenvalue weighted by Crippen LogP contribution is -2.30. The van der Waals surface area contributed by atoms with Crippen molar-refractivity contribution in [2.75, 3.05) is 11.9 Å². The van der Waals surface area contributed by atoms with Crippen molar-refractivity contribution in [3.05, 3.63) is 48.0 Å². The lowest BCUT2D eigenvalue weighted by Gasteiger charge is -2.27. The normalized spacial score (nSPS) is 15.0. The maximum atomic E-state index is 10.2. The fraction of sp³-hybridized carbons (Fsp3) is 0.333. The van der Waals surface area contributed by atoms with Crippen molar-refractivity contribution in [3.63, 3.8) is 0 Å². The monoisotopic (exact) mass is 333 g/mol. The summed E-state index contributed by atoms with van der Waals surface area (Å²) in [5.74, 6) is 1.75. The van der Waals surface area contributed by atoms with E-state index in [0.29, 0.717) is 17.4 Å². The molecule has 0 amide bonds. The third-order valence-electron chi connectivity index (χ3n) is 5.18. The number of phenols is 1. The Bertz CT molecular complexity index is 916. The van der Waals surface area contributed by atoms with Crippen molar-refractivity contribution >= 4 is 16.7 Å². The molecule has 128 valence electrons. The Morgan fingerprint density at radius 3 is 2.56 bits per heavy atom. The minimum Gasteiger partial charge on any atom is -0.507 e. The molecule has 1 fully saturated rings. The largest absolute Gasteiger partial charge is 0.507 e. The number of aryl methyl sites for hydroxylation is 1. The average Bonchev–Trinajstić information content (AvgIpc) is 3.15. The smallest absolute Gasteiger partial charge is 0.165 e. The Morgan fingerprint density at radius 1 is 1.04 bits per heavy atom. The van der Waals surface area contributed by atoms with E-state index in [0.717, 1.165) is 16.7 Å². The first-order chi connectivity index (χ1) is 12.1. The van der Waals surface area contributed by atoms with E-state index >= 15 is 0 Å². The first-order valence-electron chi connectivity index (χ1n) is 8.93. The van der Waals surface area contributed by atoms with Crippen LogP contribution in [-0.4, -0.2) is 28.2 Å². The van der Waals surface area contributed by atoms with E-state index in [1.54, 1.807) is 6.07 Å². The van der Waals surface area contributed by atoms with Crippen LogP contribution in [0.1, 0.15) is 31.2 Å². The molecule has 1 N–H and O–H groups in total. The summed E-state index contributed by atoms with van der Waals surface area (Å²) in [6.45, 7) is 2.07. The number of nitrogens with zero attached hydrogens (tertiary/aromatic N) is 3. The zero-order chi connectivity index (χ0) is 17.4. The third-order valence-corrected chi connectivity index (χ3v) is 5.18. The van der Waals surface area contributed by atoms with Gasteiger partial charge in [0.25, 0.3) is 0 Å². The van der Waals surface area contributed by atoms with Crippen LogP contribution in [0.4, 0.5) is 5.82 Å². The molecule has 4 nitrogen and oxygen atoms in total. The first kappa shape index (κ1) is 15.9. The third kappa shape index (κ3) is 2.93. The molecule has 0 unspecified atom stereocenters. The second-order valence-corrected chi connectivity index (χ2v) is 6.96. The standard InChI is InChI=1S/C21H23N3O/c1-14-11-12-16-18(13-14)22-20(17-9-5-6-10-19(17)25)23-21(16)24(2)15-7-3-4-8-15/h5-6,9-13,15,25H,3-4,7-8H2,1-2H3. The summed E-state index contributed by atoms with van der Waals surface area (Å²) in [6, 6.07) is 14.1. The van der Waals surface area contributed by atoms with Crippen LogP contribution in [0.2, 0.25) is 0 Å². The van der Waals surface area contributed by atoms with Gasteiger partial charge in [0.1, 0.15) is 11.6 Å². The number of fused-ring (bicyclic) bond motifs is 1. The van der Waals surface area contributed by atoms with Gasteiger partial charge in [0.15, 0.2) is 5.82 Å². The number of anilines is 1. The molecule has 25 heavy (non-hydrogen) atoms. The number of hydrogen-bond acceptors (Lipinski definition) is 4. The average molecular weight is 333 g/mol. The van der Waals surface area contributed by atoms with Gasteiger partial charge in [0, 0.05) is 18.5 Å². The summed E-state index contributed by atoms with van der Waals surface area (Å²) in [5.41, 5.74) is 2.77. The molecule has 0 saturated heterocycles. The van der Waals surface area contributed by atoms with E-state index in [2.05, 4.69) is 37.1 Å². The van der Waals surface area contributed by atoms with Gasteiger partial charge in [-0.15, -0.1) is 0 Å². The van der Waals surface area contributed by atoms with Crippen molar-refractivity contribution in [1.29, 1.82) is 0 Å². The quantitative estimate of drug-likeness (QED) is 0.755. The molecule has 4 rings (SSSR count). The number of phenolic OH excluding ortho intramolecular Hbond substituents is 1. The number of aromatic nitrogens is 2. The number of rotatable bonds is 3. The van der Waals surface area contributed by atoms with Gasteiger partial charge < -0.3 is 10.0 Å². The molecule has 0 bridgehead atoms. The molecule has 1 aliphatic carbocycles. The summed E-state index contributed by atoms with van der Waals surface area (Å²) in [5, 5.41) is 11.3. The Hall–Kier alpha value is -2.62. The van der Waals surface area contributed by atoms with Crippen molar-refractivity contribution in [2.24, 2.45) is 0 Å². The highest BCUT2D eigenvalue weighted by Crippen LogP contribution is 2.34. The molecule has 0 spiro atoms. The molecule has 1 aliphatic rings. The van der Waals surface area contributed by atoms with Gasteiger partial charge in [-0.05, 0) is 49.6 Å². The van der Waals surface area contributed by atoms with E-state index < -0.39 is 0 Å². The molecular weight excluding hydrogens is 310 g/mol. The zero-order valence-electron chi connectivity index (χ0n) is 14.7. The second-order valence-electron chi connectivity index (χ2n) is 6.96. The minimum absolute atomic E-state index is 0.212. The van der Waals surface area contributed by atoms with Crippen LogP contribution in [0.5, 0.6) is 5.75 Å². The van der Waals surface area contributed by atoms with Gasteiger partial charge in [-0.2, -0.15) is 0 Å². The van der Waals surface area contributed by atoms with E-state index in [1.165, 1.54) is 31.2 Å². The molecule has 0 radical (unpaired) electrons. The van der Waals surface area contributed by atoms with Crippen LogP contribution in [0.3, 0.4) is 0 Å². The minimum atomic E-state index is 0.212. The second kappa shape index (κ2) is 6.36. The van der Waals surface area contributed by atoms with E-state index in [4.69, 9.17) is 9.97 Å². The van der Waals surface area contributed by atoms with Crippen LogP contribution >= 0.6 is 0 Å². The number of aromatic hydroxyl groups is 1. The predicted molar refractivity (Wildman–Crippen MR) is 102 cm³/mol. The summed E-state index contributed by atoms with van der Waals surface area (Å²) in [6.07, 6.45) is 4.98. The number of benzene rings is 2. The topological polar surface area (TPSA) is 49.2 Å². The fourth-order valence-corrected chi connectivity index (χ4v) is 3.74. The Morgan fingerprint density at radius 2 is 1.80 bits per heavy atom. The van der Waals surface area contributed by atoms with Crippen LogP contribution in [0.15, 0.2) is 42.5 Å². The van der Waals surface area contributed by atoms with Crippen molar-refractivity contribution in [2.45, 2.75) is 38.6 Å². The number of hydrogen-bond donors (Lipinski definition) is 1. The van der Waals surface area contributed by atoms with Gasteiger partial charge >= 0.3 is 0 Å². The van der Waals surface area contributed by atoms with Gasteiger partial charge in [-0.25, -0.2) is 9.97 Å². The van der Waals surface area contributed by atoms with Gasteiger partial charge in [-0.1, -0.05) is 31.0 Å². The highest BCUT2D eigenvalue weighted by atomic mass is 16.3. The lowest BCUT2D eigenvalue weighted by atomic mass is 10.1. The van der Waals surface area contributed by atoms with Crippen molar-refractivity contribution in [1.82, 2.24) is 9.97 Å². The van der Waals surface area contributed by atoms with E-state index in [1.807, 2.05) is 18.2 Å². The van der Waals surface area contributed by atoms with Crippen LogP contribution in [0.25, 0.3) is 22.3 Å². The molecule has 1 saturated carbocycles. The summed E-state index contributed by atoms with van der Waals surface area (Å²) < 4.78 is 0. The molecule has 1 heterocycles. The highest BCUT2D eigenvalue weighted by Gasteiger charge is 2.23. The molecule has 2 aromatic carbocycles. The van der Waals surface area contributed by atoms with E-state index in [9.17, 15) is 5.11 Å². The fourth-order valence-electron chi connectivity index (χ4n) is 3.74. The molecule has 4 heteroatoms. The van der Waals surface area contributed by atoms with Crippen molar-refractivity contribution < 1.29 is 5.11 Å². The van der Waals surface area contributed by atoms with E-state index in [-0.39, 0.29) is 5.75 Å². The van der Waals surface area contributed by atoms with Gasteiger partial charge in [0.05, 0.1) is 11.1 Å². The maximum absolute atomic E-state index is 10.2. The zero-order valence-corrected chi connectivity index (χ0v) is 14.7. The maximum Gasteiger partial charge on any atom is 0.165 e. The van der Waals surface area contributed by atoms with Gasteiger partial charge in [0.2, 0.25) is 0 Å². The summed E-state index contributed by atoms with van der Waals surface area (Å²) >= 11 is 0. The van der Waals surface area contributed by atoms with Gasteiger partial charge in [-0.3, -0.25) is 0 Å². The van der Waals surface area contributed by atoms with Crippen LogP contribution in [-0.2, 0) is 0 Å². The highest BCUT2D eigenvalue weighted by molar-refractivity contribution is 5.91. The molecule has 0 aliphatic heterocycles. The van der Waals surface area contributed by atoms with Crippen LogP contribution in [0, 0.1) is 6.92 Å². The summed E-state index contributed by atoms with van der Waals surface area (Å²) in [4.78, 5) is 11.9. The van der Waals surface area contributed by atoms with Crippen LogP contribution < -0.4 is 4.90 Å². The SMILES string of the molecule is Cc1ccc2c(N(C)C3CCCC3)nc(-c3ccccc3O)nc2c1. The predicted octanol–water partition coefficient (Wildman–Crippen LogP) is 4.69. The molecule has 0 atom stereocenters. The Balaban J connectivity index is 1.92. The van der Waals surface area contributed by atoms with Crippen molar-refractivity contribution in [3.8, 4) is 17.1 Å². The number of para-hydroxylation sites is 1. The molecular formula is C21H23N3O. The Kier molecular flexibility index (Phi) is 4.04. The molecule has 3 aromatic rings. The lowest BCUT2D eigenvalue weighted by molar-refractivity contribution is 0.477.